The van der Waals surface area contributed by atoms with E-state index in [4.69, 9.17) is 4.74 Å². The number of carbonyl (C=O) groups excluding carboxylic acids is 1. The van der Waals surface area contributed by atoms with Crippen LogP contribution in [0.25, 0.3) is 0 Å². The minimum atomic E-state index is -0.488. The predicted octanol–water partition coefficient (Wildman–Crippen LogP) is 1.76. The molecule has 1 aromatic rings. The molecule has 0 aliphatic heterocycles. The predicted molar refractivity (Wildman–Crippen MR) is 67.5 cm³/mol. The van der Waals surface area contributed by atoms with Crippen molar-refractivity contribution < 1.29 is 14.5 Å². The van der Waals surface area contributed by atoms with Gasteiger partial charge in [-0.1, -0.05) is 6.58 Å². The quantitative estimate of drug-likeness (QED) is 0.438. The maximum absolute atomic E-state index is 11.7. The number of anilines is 1. The molecule has 0 atom stereocenters. The summed E-state index contributed by atoms with van der Waals surface area (Å²) in [7, 11) is 1.53. The first-order valence-electron chi connectivity index (χ1n) is 5.27. The molecule has 1 aromatic carbocycles. The van der Waals surface area contributed by atoms with Crippen LogP contribution in [0.3, 0.4) is 0 Å². The van der Waals surface area contributed by atoms with Gasteiger partial charge in [-0.15, -0.1) is 0 Å². The molecule has 0 fully saturated rings. The third kappa shape index (κ3) is 3.39. The van der Waals surface area contributed by atoms with Crippen LogP contribution in [0.1, 0.15) is 0 Å². The van der Waals surface area contributed by atoms with Crippen LogP contribution >= 0.6 is 0 Å². The summed E-state index contributed by atoms with van der Waals surface area (Å²) in [6, 6.07) is 5.75. The standard InChI is InChI=1S/C12H14N2O4/c1-3-12(15)13(8-9-18-2)10-4-6-11(7-5-10)14(16)17/h3-7H,1,8-9H2,2H3. The minimum absolute atomic E-state index is 0.0171. The van der Waals surface area contributed by atoms with Gasteiger partial charge in [0, 0.05) is 31.5 Å². The number of nitro benzene ring substituents is 1. The SMILES string of the molecule is C=CC(=O)N(CCOC)c1ccc([N+](=O)[O-])cc1. The monoisotopic (exact) mass is 250 g/mol. The first-order chi connectivity index (χ1) is 8.60. The highest BCUT2D eigenvalue weighted by atomic mass is 16.6. The number of non-ortho nitro benzene ring substituents is 1. The van der Waals surface area contributed by atoms with Gasteiger partial charge in [-0.25, -0.2) is 0 Å². The summed E-state index contributed by atoms with van der Waals surface area (Å²) in [6.45, 7) is 4.15. The van der Waals surface area contributed by atoms with E-state index >= 15 is 0 Å². The van der Waals surface area contributed by atoms with Crippen molar-refractivity contribution in [2.45, 2.75) is 0 Å². The summed E-state index contributed by atoms with van der Waals surface area (Å²) < 4.78 is 4.91. The van der Waals surface area contributed by atoms with Crippen molar-refractivity contribution in [3.8, 4) is 0 Å². The lowest BCUT2D eigenvalue weighted by Gasteiger charge is -2.20. The maximum Gasteiger partial charge on any atom is 0.269 e. The molecule has 0 saturated carbocycles. The Morgan fingerprint density at radius 3 is 2.56 bits per heavy atom. The van der Waals surface area contributed by atoms with E-state index in [1.807, 2.05) is 0 Å². The summed E-state index contributed by atoms with van der Waals surface area (Å²) >= 11 is 0. The number of hydrogen-bond donors (Lipinski definition) is 0. The molecule has 0 aliphatic rings. The molecule has 0 aromatic heterocycles. The van der Waals surface area contributed by atoms with E-state index in [9.17, 15) is 14.9 Å². The van der Waals surface area contributed by atoms with E-state index in [0.717, 1.165) is 0 Å². The second-order valence-corrected chi connectivity index (χ2v) is 3.46. The molecule has 0 unspecified atom stereocenters. The van der Waals surface area contributed by atoms with Crippen molar-refractivity contribution in [3.63, 3.8) is 0 Å². The van der Waals surface area contributed by atoms with Gasteiger partial charge in [0.2, 0.25) is 5.91 Å². The van der Waals surface area contributed by atoms with E-state index < -0.39 is 4.92 Å². The highest BCUT2D eigenvalue weighted by molar-refractivity contribution is 6.01. The van der Waals surface area contributed by atoms with Crippen molar-refractivity contribution in [1.82, 2.24) is 0 Å². The number of benzene rings is 1. The van der Waals surface area contributed by atoms with Gasteiger partial charge < -0.3 is 9.64 Å². The molecular formula is C12H14N2O4. The number of rotatable bonds is 6. The zero-order valence-electron chi connectivity index (χ0n) is 10.0. The van der Waals surface area contributed by atoms with Crippen molar-refractivity contribution in [2.24, 2.45) is 0 Å². The fourth-order valence-electron chi connectivity index (χ4n) is 1.41. The molecule has 0 bridgehead atoms. The zero-order valence-corrected chi connectivity index (χ0v) is 10.0. The van der Waals surface area contributed by atoms with Crippen molar-refractivity contribution in [2.75, 3.05) is 25.2 Å². The summed E-state index contributed by atoms with van der Waals surface area (Å²) in [5.74, 6) is -0.277. The summed E-state index contributed by atoms with van der Waals surface area (Å²) in [5.41, 5.74) is 0.555. The molecule has 96 valence electrons. The van der Waals surface area contributed by atoms with E-state index in [1.54, 1.807) is 0 Å². The normalized spacial score (nSPS) is 9.83. The molecule has 18 heavy (non-hydrogen) atoms. The number of nitrogens with zero attached hydrogens (tertiary/aromatic N) is 2. The van der Waals surface area contributed by atoms with E-state index in [0.29, 0.717) is 18.8 Å². The number of methoxy groups -OCH3 is 1. The fourth-order valence-corrected chi connectivity index (χ4v) is 1.41. The van der Waals surface area contributed by atoms with E-state index in [2.05, 4.69) is 6.58 Å². The highest BCUT2D eigenvalue weighted by Gasteiger charge is 2.13. The minimum Gasteiger partial charge on any atom is -0.383 e. The van der Waals surface area contributed by atoms with Gasteiger partial charge in [-0.05, 0) is 18.2 Å². The Labute approximate surface area is 105 Å². The Balaban J connectivity index is 2.94. The third-order valence-corrected chi connectivity index (χ3v) is 2.33. The van der Waals surface area contributed by atoms with Crippen LogP contribution in [0, 0.1) is 10.1 Å². The molecule has 0 spiro atoms. The maximum atomic E-state index is 11.7. The molecule has 1 rings (SSSR count). The van der Waals surface area contributed by atoms with E-state index in [-0.39, 0.29) is 11.6 Å². The largest absolute Gasteiger partial charge is 0.383 e. The smallest absolute Gasteiger partial charge is 0.269 e. The molecule has 0 aliphatic carbocycles. The number of carbonyl (C=O) groups is 1. The Hall–Kier alpha value is -2.21. The van der Waals surface area contributed by atoms with Crippen molar-refractivity contribution in [3.05, 3.63) is 47.0 Å². The van der Waals surface area contributed by atoms with Gasteiger partial charge in [-0.2, -0.15) is 0 Å². The third-order valence-electron chi connectivity index (χ3n) is 2.33. The molecule has 0 saturated heterocycles. The Morgan fingerprint density at radius 1 is 1.50 bits per heavy atom. The lowest BCUT2D eigenvalue weighted by atomic mass is 10.2. The van der Waals surface area contributed by atoms with Gasteiger partial charge >= 0.3 is 0 Å². The topological polar surface area (TPSA) is 72.7 Å². The van der Waals surface area contributed by atoms with Crippen LogP contribution in [0.15, 0.2) is 36.9 Å². The molecule has 0 N–H and O–H groups in total. The van der Waals surface area contributed by atoms with Crippen LogP contribution in [0.2, 0.25) is 0 Å². The first kappa shape index (κ1) is 13.9. The lowest BCUT2D eigenvalue weighted by molar-refractivity contribution is -0.384. The van der Waals surface area contributed by atoms with Gasteiger partial charge in [-0.3, -0.25) is 14.9 Å². The van der Waals surface area contributed by atoms with Crippen LogP contribution in [0.5, 0.6) is 0 Å². The van der Waals surface area contributed by atoms with Crippen LogP contribution in [-0.2, 0) is 9.53 Å². The van der Waals surface area contributed by atoms with Gasteiger partial charge in [0.1, 0.15) is 0 Å². The average Bonchev–Trinajstić information content (AvgIpc) is 2.39. The average molecular weight is 250 g/mol. The molecule has 0 heterocycles. The van der Waals surface area contributed by atoms with Crippen LogP contribution in [-0.4, -0.2) is 31.1 Å². The van der Waals surface area contributed by atoms with Gasteiger partial charge in [0.15, 0.2) is 0 Å². The van der Waals surface area contributed by atoms with Crippen LogP contribution in [0.4, 0.5) is 11.4 Å². The second kappa shape index (κ2) is 6.51. The van der Waals surface area contributed by atoms with Gasteiger partial charge in [0.05, 0.1) is 11.5 Å². The number of amides is 1. The number of nitro groups is 1. The van der Waals surface area contributed by atoms with E-state index in [1.165, 1.54) is 42.4 Å². The van der Waals surface area contributed by atoms with Gasteiger partial charge in [0.25, 0.3) is 5.69 Å². The molecular weight excluding hydrogens is 236 g/mol. The fraction of sp³-hybridized carbons (Fsp3) is 0.250. The molecule has 0 radical (unpaired) electrons. The lowest BCUT2D eigenvalue weighted by Crippen LogP contribution is -2.32. The first-order valence-corrected chi connectivity index (χ1v) is 5.27. The Morgan fingerprint density at radius 2 is 2.11 bits per heavy atom. The Kier molecular flexibility index (Phi) is 5.01. The number of hydrogen-bond acceptors (Lipinski definition) is 4. The zero-order chi connectivity index (χ0) is 13.5. The van der Waals surface area contributed by atoms with Crippen LogP contribution < -0.4 is 4.90 Å². The molecule has 6 heteroatoms. The van der Waals surface area contributed by atoms with Crippen molar-refractivity contribution >= 4 is 17.3 Å². The second-order valence-electron chi connectivity index (χ2n) is 3.46. The van der Waals surface area contributed by atoms with Crippen molar-refractivity contribution in [1.29, 1.82) is 0 Å². The number of ether oxygens (including phenoxy) is 1. The summed E-state index contributed by atoms with van der Waals surface area (Å²) in [6.07, 6.45) is 1.19. The molecule has 1 amide bonds. The summed E-state index contributed by atoms with van der Waals surface area (Å²) in [5, 5.41) is 10.5. The Bertz CT molecular complexity index is 442. The summed E-state index contributed by atoms with van der Waals surface area (Å²) in [4.78, 5) is 23.1. The highest BCUT2D eigenvalue weighted by Crippen LogP contribution is 2.19. The molecule has 6 nitrogen and oxygen atoms in total.